The second kappa shape index (κ2) is 11.1. The summed E-state index contributed by atoms with van der Waals surface area (Å²) in [6, 6.07) is 0.140. The molecule has 0 unspecified atom stereocenters. The molecule has 2 aromatic heterocycles. The molecule has 2 N–H and O–H groups in total. The summed E-state index contributed by atoms with van der Waals surface area (Å²) >= 11 is 0. The van der Waals surface area contributed by atoms with Crippen molar-refractivity contribution in [2.75, 3.05) is 49.6 Å². The minimum atomic E-state index is -4.82. The molecule has 10 nitrogen and oxygen atoms in total. The van der Waals surface area contributed by atoms with Gasteiger partial charge in [0, 0.05) is 50.7 Å². The van der Waals surface area contributed by atoms with Gasteiger partial charge in [0.1, 0.15) is 11.4 Å². The van der Waals surface area contributed by atoms with E-state index in [1.807, 2.05) is 0 Å². The molecule has 0 spiro atoms. The number of aromatic amines is 1. The monoisotopic (exact) mass is 523 g/mol. The number of ether oxygens (including phenoxy) is 1. The molecule has 1 saturated heterocycles. The van der Waals surface area contributed by atoms with Crippen molar-refractivity contribution in [1.82, 2.24) is 25.1 Å². The van der Waals surface area contributed by atoms with Crippen molar-refractivity contribution in [2.45, 2.75) is 31.7 Å². The lowest BCUT2D eigenvalue weighted by molar-refractivity contribution is -0.139. The van der Waals surface area contributed by atoms with Gasteiger partial charge in [-0.25, -0.2) is 15.1 Å². The van der Waals surface area contributed by atoms with E-state index >= 15 is 0 Å². The van der Waals surface area contributed by atoms with E-state index < -0.39 is 35.1 Å². The van der Waals surface area contributed by atoms with E-state index in [0.29, 0.717) is 32.2 Å². The Kier molecular flexibility index (Phi) is 8.37. The lowest BCUT2D eigenvalue weighted by Gasteiger charge is -2.34. The first-order chi connectivity index (χ1) is 16.8. The van der Waals surface area contributed by atoms with Crippen LogP contribution in [0.3, 0.4) is 0 Å². The number of hydrogen-bond acceptors (Lipinski definition) is 8. The van der Waals surface area contributed by atoms with Gasteiger partial charge in [0.25, 0.3) is 5.56 Å². The van der Waals surface area contributed by atoms with Crippen LogP contribution in [0.2, 0.25) is 0 Å². The largest absolute Gasteiger partial charge is 0.421 e. The smallest absolute Gasteiger partial charge is 0.379 e. The Morgan fingerprint density at radius 3 is 2.33 bits per heavy atom. The van der Waals surface area contributed by atoms with Crippen LogP contribution in [0.25, 0.3) is 0 Å². The zero-order valence-corrected chi connectivity index (χ0v) is 19.0. The number of nitrogens with one attached hydrogen (secondary N) is 2. The molecule has 1 atom stereocenters. The highest BCUT2D eigenvalue weighted by atomic mass is 19.4. The quantitative estimate of drug-likeness (QED) is 0.400. The Balaban J connectivity index is 1.37. The van der Waals surface area contributed by atoms with Crippen LogP contribution in [0.15, 0.2) is 23.3 Å². The molecule has 3 heterocycles. The zero-order chi connectivity index (χ0) is 26.5. The summed E-state index contributed by atoms with van der Waals surface area (Å²) in [6.45, 7) is 3.13. The van der Waals surface area contributed by atoms with Crippen LogP contribution in [0.5, 0.6) is 0 Å². The molecule has 3 rings (SSSR count). The normalized spacial score (nSPS) is 15.6. The standard InChI is InChI=1S/C20H23F6N7O3/c1-12(29-15-8-14(20(24,25)26)17(35)31-30-15)11-36-7-2-16(34)32-3-5-33(6-4-32)18-27-9-13(10-28-18)19(21,22)23/h8-10,12H,2-7,11H2,1H3,(H,29,30)(H,31,35)/t12-/m0/s1. The van der Waals surface area contributed by atoms with E-state index in [-0.39, 0.29) is 37.3 Å². The third kappa shape index (κ3) is 7.29. The van der Waals surface area contributed by atoms with Gasteiger partial charge in [0.15, 0.2) is 0 Å². The number of carbonyl (C=O) groups is 1. The van der Waals surface area contributed by atoms with Crippen molar-refractivity contribution >= 4 is 17.7 Å². The molecule has 0 radical (unpaired) electrons. The van der Waals surface area contributed by atoms with Crippen LogP contribution in [-0.2, 0) is 21.9 Å². The highest BCUT2D eigenvalue weighted by Gasteiger charge is 2.35. The number of H-pyrrole nitrogens is 1. The van der Waals surface area contributed by atoms with Crippen molar-refractivity contribution in [3.63, 3.8) is 0 Å². The second-order valence-corrected chi connectivity index (χ2v) is 8.00. The molecule has 1 aliphatic heterocycles. The molecule has 198 valence electrons. The Morgan fingerprint density at radius 1 is 1.11 bits per heavy atom. The van der Waals surface area contributed by atoms with Gasteiger partial charge in [-0.15, -0.1) is 0 Å². The summed E-state index contributed by atoms with van der Waals surface area (Å²) in [4.78, 5) is 34.5. The molecule has 16 heteroatoms. The van der Waals surface area contributed by atoms with Crippen molar-refractivity contribution in [3.05, 3.63) is 39.9 Å². The summed E-state index contributed by atoms with van der Waals surface area (Å²) < 4.78 is 81.8. The Hall–Kier alpha value is -3.43. The Bertz CT molecular complexity index is 1080. The van der Waals surface area contributed by atoms with Crippen molar-refractivity contribution < 1.29 is 35.9 Å². The number of rotatable bonds is 8. The average Bonchev–Trinajstić information content (AvgIpc) is 2.82. The van der Waals surface area contributed by atoms with Gasteiger partial charge < -0.3 is 19.9 Å². The van der Waals surface area contributed by atoms with E-state index in [1.54, 1.807) is 21.8 Å². The summed E-state index contributed by atoms with van der Waals surface area (Å²) in [7, 11) is 0. The fraction of sp³-hybridized carbons (Fsp3) is 0.550. The van der Waals surface area contributed by atoms with E-state index in [9.17, 15) is 35.9 Å². The molecule has 2 aromatic rings. The SMILES string of the molecule is C[C@@H](COCCC(=O)N1CCN(c2ncc(C(F)(F)F)cn2)CC1)Nc1cc(C(F)(F)F)c(=O)[nH]n1. The molecule has 36 heavy (non-hydrogen) atoms. The van der Waals surface area contributed by atoms with Crippen LogP contribution in [0, 0.1) is 0 Å². The van der Waals surface area contributed by atoms with Gasteiger partial charge in [-0.2, -0.15) is 31.4 Å². The molecular formula is C20H23F6N7O3. The molecule has 0 saturated carbocycles. The average molecular weight is 523 g/mol. The van der Waals surface area contributed by atoms with E-state index in [1.165, 1.54) is 0 Å². The fourth-order valence-corrected chi connectivity index (χ4v) is 3.35. The molecular weight excluding hydrogens is 500 g/mol. The van der Waals surface area contributed by atoms with Crippen LogP contribution in [0.1, 0.15) is 24.5 Å². The molecule has 1 fully saturated rings. The zero-order valence-electron chi connectivity index (χ0n) is 19.0. The van der Waals surface area contributed by atoms with Gasteiger partial charge in [0.2, 0.25) is 11.9 Å². The fourth-order valence-electron chi connectivity index (χ4n) is 3.35. The number of amides is 1. The first-order valence-corrected chi connectivity index (χ1v) is 10.8. The lowest BCUT2D eigenvalue weighted by Crippen LogP contribution is -2.49. The minimum absolute atomic E-state index is 0.0640. The van der Waals surface area contributed by atoms with Crippen LogP contribution >= 0.6 is 0 Å². The van der Waals surface area contributed by atoms with Gasteiger partial charge in [-0.1, -0.05) is 0 Å². The maximum atomic E-state index is 12.8. The van der Waals surface area contributed by atoms with Gasteiger partial charge in [-0.05, 0) is 6.92 Å². The minimum Gasteiger partial charge on any atom is -0.379 e. The highest BCUT2D eigenvalue weighted by Crippen LogP contribution is 2.29. The molecule has 0 aromatic carbocycles. The Morgan fingerprint density at radius 2 is 1.75 bits per heavy atom. The predicted molar refractivity (Wildman–Crippen MR) is 114 cm³/mol. The van der Waals surface area contributed by atoms with E-state index in [4.69, 9.17) is 4.74 Å². The number of carbonyl (C=O) groups excluding carboxylic acids is 1. The second-order valence-electron chi connectivity index (χ2n) is 8.00. The number of piperazine rings is 1. The van der Waals surface area contributed by atoms with Crippen molar-refractivity contribution in [1.29, 1.82) is 0 Å². The van der Waals surface area contributed by atoms with Crippen molar-refractivity contribution in [3.8, 4) is 0 Å². The molecule has 1 amide bonds. The number of halogens is 6. The highest BCUT2D eigenvalue weighted by molar-refractivity contribution is 5.76. The summed E-state index contributed by atoms with van der Waals surface area (Å²) in [5.41, 5.74) is -3.66. The summed E-state index contributed by atoms with van der Waals surface area (Å²) in [5, 5.41) is 7.99. The van der Waals surface area contributed by atoms with E-state index in [2.05, 4.69) is 20.4 Å². The first-order valence-electron chi connectivity index (χ1n) is 10.8. The predicted octanol–water partition coefficient (Wildman–Crippen LogP) is 2.15. The Labute approximate surface area is 200 Å². The van der Waals surface area contributed by atoms with Crippen molar-refractivity contribution in [2.24, 2.45) is 0 Å². The van der Waals surface area contributed by atoms with Crippen LogP contribution < -0.4 is 15.8 Å². The first kappa shape index (κ1) is 27.2. The van der Waals surface area contributed by atoms with Gasteiger partial charge in [0.05, 0.1) is 25.2 Å². The lowest BCUT2D eigenvalue weighted by atomic mass is 10.2. The molecule has 1 aliphatic rings. The number of nitrogens with zero attached hydrogens (tertiary/aromatic N) is 5. The number of anilines is 2. The van der Waals surface area contributed by atoms with Gasteiger partial charge >= 0.3 is 12.4 Å². The number of alkyl halides is 6. The van der Waals surface area contributed by atoms with Crippen LogP contribution in [0.4, 0.5) is 38.1 Å². The van der Waals surface area contributed by atoms with Gasteiger partial charge in [-0.3, -0.25) is 9.59 Å². The third-order valence-electron chi connectivity index (χ3n) is 5.21. The molecule has 0 aliphatic carbocycles. The van der Waals surface area contributed by atoms with Crippen LogP contribution in [-0.4, -0.2) is 76.4 Å². The maximum Gasteiger partial charge on any atom is 0.421 e. The van der Waals surface area contributed by atoms with E-state index in [0.717, 1.165) is 12.4 Å². The number of hydrogen-bond donors (Lipinski definition) is 2. The summed E-state index contributed by atoms with van der Waals surface area (Å²) in [5.74, 6) is -0.205. The topological polar surface area (TPSA) is 116 Å². The third-order valence-corrected chi connectivity index (χ3v) is 5.21. The maximum absolute atomic E-state index is 12.8. The molecule has 0 bridgehead atoms. The number of aromatic nitrogens is 4. The summed E-state index contributed by atoms with van der Waals surface area (Å²) in [6.07, 6.45) is -7.83.